The maximum absolute atomic E-state index is 12.7. The van der Waals surface area contributed by atoms with Crippen molar-refractivity contribution < 1.29 is 14.3 Å². The molecule has 0 saturated carbocycles. The van der Waals surface area contributed by atoms with Gasteiger partial charge in [0.25, 0.3) is 5.91 Å². The fourth-order valence-corrected chi connectivity index (χ4v) is 4.10. The zero-order chi connectivity index (χ0) is 28.5. The number of carbonyl (C=O) groups excluding carboxylic acids is 2. The Kier molecular flexibility index (Phi) is 7.63. The standard InChI is InChI=1S/C30H36N6O3/c1-30(2,3)29(38)39-18-36-27-24(26(33-36)14-19-8-11-22(12-9-19)34(4)5)16-21(17-32-27)20-10-13-25(31)23(15-20)28(37)35(6)7/h8-13,15-17H,14,18,31H2,1-7H3. The van der Waals surface area contributed by atoms with Gasteiger partial charge in [-0.25, -0.2) is 9.67 Å². The number of hydrogen-bond acceptors (Lipinski definition) is 7. The highest BCUT2D eigenvalue weighted by Crippen LogP contribution is 2.29. The number of nitrogens with zero attached hydrogens (tertiary/aromatic N) is 5. The Morgan fingerprint density at radius 1 is 0.974 bits per heavy atom. The molecule has 0 fully saturated rings. The van der Waals surface area contributed by atoms with Gasteiger partial charge in [-0.2, -0.15) is 5.10 Å². The number of nitrogen functional groups attached to an aromatic ring is 1. The zero-order valence-electron chi connectivity index (χ0n) is 23.6. The number of esters is 1. The van der Waals surface area contributed by atoms with E-state index >= 15 is 0 Å². The third-order valence-electron chi connectivity index (χ3n) is 6.44. The molecule has 2 N–H and O–H groups in total. The Labute approximate surface area is 229 Å². The van der Waals surface area contributed by atoms with Crippen molar-refractivity contribution in [3.8, 4) is 11.1 Å². The van der Waals surface area contributed by atoms with Crippen molar-refractivity contribution in [1.29, 1.82) is 0 Å². The Hall–Kier alpha value is -4.40. The summed E-state index contributed by atoms with van der Waals surface area (Å²) in [6, 6.07) is 15.7. The molecule has 2 heterocycles. The van der Waals surface area contributed by atoms with Crippen LogP contribution in [0.3, 0.4) is 0 Å². The largest absolute Gasteiger partial charge is 0.442 e. The van der Waals surface area contributed by atoms with Gasteiger partial charge in [0, 0.05) is 63.1 Å². The highest BCUT2D eigenvalue weighted by molar-refractivity contribution is 6.00. The summed E-state index contributed by atoms with van der Waals surface area (Å²) in [5, 5.41) is 5.64. The van der Waals surface area contributed by atoms with Crippen LogP contribution in [0.4, 0.5) is 11.4 Å². The number of nitrogens with two attached hydrogens (primary N) is 1. The van der Waals surface area contributed by atoms with Gasteiger partial charge in [-0.1, -0.05) is 18.2 Å². The molecule has 0 aliphatic carbocycles. The van der Waals surface area contributed by atoms with E-state index in [9.17, 15) is 9.59 Å². The molecule has 39 heavy (non-hydrogen) atoms. The Morgan fingerprint density at radius 3 is 2.28 bits per heavy atom. The molecule has 204 valence electrons. The zero-order valence-corrected chi connectivity index (χ0v) is 23.6. The Balaban J connectivity index is 1.76. The lowest BCUT2D eigenvalue weighted by Crippen LogP contribution is -2.24. The van der Waals surface area contributed by atoms with Crippen LogP contribution in [0, 0.1) is 5.41 Å². The molecule has 1 amide bonds. The van der Waals surface area contributed by atoms with Crippen LogP contribution in [0.5, 0.6) is 0 Å². The molecule has 2 aromatic heterocycles. The van der Waals surface area contributed by atoms with Crippen molar-refractivity contribution in [3.63, 3.8) is 0 Å². The average molecular weight is 529 g/mol. The molecule has 9 heteroatoms. The first kappa shape index (κ1) is 27.6. The lowest BCUT2D eigenvalue weighted by molar-refractivity contribution is -0.157. The van der Waals surface area contributed by atoms with E-state index in [-0.39, 0.29) is 18.6 Å². The van der Waals surface area contributed by atoms with Gasteiger partial charge in [-0.3, -0.25) is 9.59 Å². The summed E-state index contributed by atoms with van der Waals surface area (Å²) in [5.74, 6) is -0.484. The molecule has 0 unspecified atom stereocenters. The predicted octanol–water partition coefficient (Wildman–Crippen LogP) is 4.59. The molecular weight excluding hydrogens is 492 g/mol. The topological polar surface area (TPSA) is 107 Å². The number of carbonyl (C=O) groups is 2. The van der Waals surface area contributed by atoms with Crippen molar-refractivity contribution in [2.45, 2.75) is 33.9 Å². The molecule has 0 bridgehead atoms. The van der Waals surface area contributed by atoms with Crippen molar-refractivity contribution in [2.75, 3.05) is 38.8 Å². The van der Waals surface area contributed by atoms with Gasteiger partial charge in [0.2, 0.25) is 0 Å². The van der Waals surface area contributed by atoms with Crippen molar-refractivity contribution in [3.05, 3.63) is 71.5 Å². The number of rotatable bonds is 7. The molecule has 0 spiro atoms. The molecule has 0 atom stereocenters. The number of aromatic nitrogens is 3. The summed E-state index contributed by atoms with van der Waals surface area (Å²) in [6.07, 6.45) is 2.30. The fraction of sp³-hybridized carbons (Fsp3) is 0.333. The Morgan fingerprint density at radius 2 is 1.67 bits per heavy atom. The maximum atomic E-state index is 12.7. The summed E-state index contributed by atoms with van der Waals surface area (Å²) in [6.45, 7) is 5.39. The highest BCUT2D eigenvalue weighted by Gasteiger charge is 2.24. The van der Waals surface area contributed by atoms with Crippen molar-refractivity contribution in [2.24, 2.45) is 5.41 Å². The minimum Gasteiger partial charge on any atom is -0.442 e. The quantitative estimate of drug-likeness (QED) is 0.276. The van der Waals surface area contributed by atoms with Crippen LogP contribution < -0.4 is 10.6 Å². The van der Waals surface area contributed by atoms with Crippen molar-refractivity contribution >= 4 is 34.3 Å². The van der Waals surface area contributed by atoms with E-state index in [1.807, 2.05) is 47.0 Å². The minimum absolute atomic E-state index is 0.0398. The first-order valence-electron chi connectivity index (χ1n) is 12.8. The molecule has 0 saturated heterocycles. The van der Waals surface area contributed by atoms with Gasteiger partial charge in [-0.15, -0.1) is 0 Å². The second kappa shape index (κ2) is 10.8. The second-order valence-corrected chi connectivity index (χ2v) is 11.1. The van der Waals surface area contributed by atoms with Crippen LogP contribution in [0.2, 0.25) is 0 Å². The summed E-state index contributed by atoms with van der Waals surface area (Å²) in [4.78, 5) is 33.3. The number of ether oxygens (including phenoxy) is 1. The van der Waals surface area contributed by atoms with Gasteiger partial charge < -0.3 is 20.3 Å². The molecule has 0 aliphatic heterocycles. The molecule has 2 aromatic carbocycles. The SMILES string of the molecule is CN(C)C(=O)c1cc(-c2cnc3c(c2)c(Cc2ccc(N(C)C)cc2)nn3COC(=O)C(C)(C)C)ccc1N. The molecule has 0 aliphatic rings. The van der Waals surface area contributed by atoms with Gasteiger partial charge in [0.05, 0.1) is 16.7 Å². The smallest absolute Gasteiger partial charge is 0.313 e. The number of fused-ring (bicyclic) bond motifs is 1. The lowest BCUT2D eigenvalue weighted by Gasteiger charge is -2.16. The van der Waals surface area contributed by atoms with E-state index in [0.717, 1.165) is 33.5 Å². The summed E-state index contributed by atoms with van der Waals surface area (Å²) in [7, 11) is 7.40. The van der Waals surface area contributed by atoms with E-state index in [1.54, 1.807) is 37.1 Å². The number of pyridine rings is 1. The van der Waals surface area contributed by atoms with E-state index in [4.69, 9.17) is 20.6 Å². The van der Waals surface area contributed by atoms with E-state index in [1.165, 1.54) is 4.90 Å². The molecular formula is C30H36N6O3. The average Bonchev–Trinajstić information content (AvgIpc) is 3.23. The summed E-state index contributed by atoms with van der Waals surface area (Å²) < 4.78 is 7.18. The monoisotopic (exact) mass is 528 g/mol. The van der Waals surface area contributed by atoms with Crippen LogP contribution in [0.15, 0.2) is 54.7 Å². The summed E-state index contributed by atoms with van der Waals surface area (Å²) in [5.41, 5.74) is 11.6. The number of anilines is 2. The Bertz CT molecular complexity index is 1510. The van der Waals surface area contributed by atoms with E-state index in [2.05, 4.69) is 29.2 Å². The molecule has 4 rings (SSSR count). The van der Waals surface area contributed by atoms with E-state index in [0.29, 0.717) is 23.3 Å². The van der Waals surface area contributed by atoms with Gasteiger partial charge in [0.15, 0.2) is 12.4 Å². The normalized spacial score (nSPS) is 11.5. The molecule has 0 radical (unpaired) electrons. The van der Waals surface area contributed by atoms with Crippen LogP contribution >= 0.6 is 0 Å². The number of benzene rings is 2. The number of hydrogen-bond donors (Lipinski definition) is 1. The third kappa shape index (κ3) is 6.03. The van der Waals surface area contributed by atoms with Crippen LogP contribution in [-0.4, -0.2) is 59.7 Å². The maximum Gasteiger partial charge on any atom is 0.313 e. The van der Waals surface area contributed by atoms with E-state index < -0.39 is 5.41 Å². The van der Waals surface area contributed by atoms with Crippen LogP contribution in [0.1, 0.15) is 42.4 Å². The first-order chi connectivity index (χ1) is 18.3. The molecule has 9 nitrogen and oxygen atoms in total. The molecule has 4 aromatic rings. The second-order valence-electron chi connectivity index (χ2n) is 11.1. The van der Waals surface area contributed by atoms with Gasteiger partial charge in [0.1, 0.15) is 0 Å². The number of amides is 1. The lowest BCUT2D eigenvalue weighted by atomic mass is 9.98. The van der Waals surface area contributed by atoms with Gasteiger partial charge in [-0.05, 0) is 62.2 Å². The van der Waals surface area contributed by atoms with Crippen LogP contribution in [0.25, 0.3) is 22.2 Å². The van der Waals surface area contributed by atoms with Crippen molar-refractivity contribution in [1.82, 2.24) is 19.7 Å². The predicted molar refractivity (Wildman–Crippen MR) is 155 cm³/mol. The fourth-order valence-electron chi connectivity index (χ4n) is 4.10. The minimum atomic E-state index is -0.628. The summed E-state index contributed by atoms with van der Waals surface area (Å²) >= 11 is 0. The first-order valence-corrected chi connectivity index (χ1v) is 12.8. The third-order valence-corrected chi connectivity index (χ3v) is 6.44. The van der Waals surface area contributed by atoms with Gasteiger partial charge >= 0.3 is 5.97 Å². The highest BCUT2D eigenvalue weighted by atomic mass is 16.5. The van der Waals surface area contributed by atoms with Crippen LogP contribution in [-0.2, 0) is 22.7 Å².